The van der Waals surface area contributed by atoms with Gasteiger partial charge in [-0.3, -0.25) is 9.89 Å². The lowest BCUT2D eigenvalue weighted by atomic mass is 10.2. The van der Waals surface area contributed by atoms with Gasteiger partial charge in [0.05, 0.1) is 17.5 Å². The van der Waals surface area contributed by atoms with E-state index in [-0.39, 0.29) is 5.91 Å². The number of rotatable bonds is 4. The largest absolute Gasteiger partial charge is 0.332 e. The fraction of sp³-hybridized carbons (Fsp3) is 0.0714. The summed E-state index contributed by atoms with van der Waals surface area (Å²) in [5, 5.41) is 15.2. The summed E-state index contributed by atoms with van der Waals surface area (Å²) in [5.74, 6) is -0.194. The molecule has 0 saturated heterocycles. The molecule has 0 aliphatic heterocycles. The number of benzene rings is 1. The third-order valence-corrected chi connectivity index (χ3v) is 3.65. The molecule has 2 heterocycles. The molecule has 0 radical (unpaired) electrons. The molecule has 0 atom stereocenters. The Kier molecular flexibility index (Phi) is 3.65. The fourth-order valence-electron chi connectivity index (χ4n) is 1.75. The fourth-order valence-corrected chi connectivity index (χ4v) is 2.46. The highest BCUT2D eigenvalue weighted by atomic mass is 32.1. The Morgan fingerprint density at radius 2 is 2.00 bits per heavy atom. The topological polar surface area (TPSA) is 82.7 Å². The van der Waals surface area contributed by atoms with E-state index in [2.05, 4.69) is 25.8 Å². The van der Waals surface area contributed by atoms with Gasteiger partial charge >= 0.3 is 0 Å². The monoisotopic (exact) mass is 299 g/mol. The lowest BCUT2D eigenvalue weighted by molar-refractivity contribution is 0.102. The molecule has 0 unspecified atom stereocenters. The average molecular weight is 299 g/mol. The van der Waals surface area contributed by atoms with Crippen molar-refractivity contribution >= 4 is 33.8 Å². The second-order valence-corrected chi connectivity index (χ2v) is 5.30. The van der Waals surface area contributed by atoms with Crippen LogP contribution in [0.2, 0.25) is 0 Å². The second-order valence-electron chi connectivity index (χ2n) is 4.44. The van der Waals surface area contributed by atoms with Crippen molar-refractivity contribution in [2.45, 2.75) is 6.92 Å². The van der Waals surface area contributed by atoms with E-state index < -0.39 is 0 Å². The van der Waals surface area contributed by atoms with Crippen molar-refractivity contribution in [2.75, 3.05) is 10.6 Å². The summed E-state index contributed by atoms with van der Waals surface area (Å²) < 4.78 is 0. The molecular formula is C14H13N5OS. The zero-order valence-corrected chi connectivity index (χ0v) is 12.1. The number of hydrogen-bond donors (Lipinski definition) is 3. The standard InChI is InChI=1S/C14H13N5OS/c1-9-8-21-14(17-9)19-12-4-2-11(3-5-12)18-13(20)10-6-15-16-7-10/h2-8H,1H3,(H,15,16)(H,17,19)(H,18,20). The van der Waals surface area contributed by atoms with Crippen LogP contribution in [0.1, 0.15) is 16.1 Å². The van der Waals surface area contributed by atoms with Gasteiger partial charge in [-0.25, -0.2) is 4.98 Å². The highest BCUT2D eigenvalue weighted by Gasteiger charge is 2.07. The van der Waals surface area contributed by atoms with Crippen molar-refractivity contribution in [3.05, 3.63) is 53.3 Å². The maximum absolute atomic E-state index is 11.9. The first-order valence-corrected chi connectivity index (χ1v) is 7.18. The zero-order chi connectivity index (χ0) is 14.7. The van der Waals surface area contributed by atoms with Gasteiger partial charge in [0.15, 0.2) is 5.13 Å². The Hall–Kier alpha value is -2.67. The normalized spacial score (nSPS) is 10.3. The number of anilines is 3. The number of aryl methyl sites for hydroxylation is 1. The quantitative estimate of drug-likeness (QED) is 0.691. The van der Waals surface area contributed by atoms with E-state index >= 15 is 0 Å². The van der Waals surface area contributed by atoms with Crippen LogP contribution >= 0.6 is 11.3 Å². The van der Waals surface area contributed by atoms with Gasteiger partial charge in [0.2, 0.25) is 0 Å². The summed E-state index contributed by atoms with van der Waals surface area (Å²) >= 11 is 1.56. The van der Waals surface area contributed by atoms with E-state index in [0.29, 0.717) is 5.56 Å². The number of amides is 1. The molecule has 1 amide bonds. The average Bonchev–Trinajstić information content (AvgIpc) is 3.13. The number of carbonyl (C=O) groups is 1. The predicted molar refractivity (Wildman–Crippen MR) is 83.1 cm³/mol. The molecule has 3 rings (SSSR count). The molecular weight excluding hydrogens is 286 g/mol. The van der Waals surface area contributed by atoms with Gasteiger partial charge < -0.3 is 10.6 Å². The van der Waals surface area contributed by atoms with Crippen molar-refractivity contribution in [3.8, 4) is 0 Å². The van der Waals surface area contributed by atoms with Gasteiger partial charge in [0.25, 0.3) is 5.91 Å². The van der Waals surface area contributed by atoms with Crippen LogP contribution in [0.15, 0.2) is 42.0 Å². The summed E-state index contributed by atoms with van der Waals surface area (Å²) in [4.78, 5) is 16.2. The molecule has 0 saturated carbocycles. The Labute approximate surface area is 125 Å². The van der Waals surface area contributed by atoms with Crippen molar-refractivity contribution < 1.29 is 4.79 Å². The molecule has 0 bridgehead atoms. The van der Waals surface area contributed by atoms with Crippen LogP contribution < -0.4 is 10.6 Å². The summed E-state index contributed by atoms with van der Waals surface area (Å²) in [6, 6.07) is 7.45. The number of aromatic nitrogens is 3. The van der Waals surface area contributed by atoms with Crippen LogP contribution in [0, 0.1) is 6.92 Å². The first-order chi connectivity index (χ1) is 10.2. The molecule has 3 aromatic rings. The minimum atomic E-state index is -0.194. The SMILES string of the molecule is Cc1csc(Nc2ccc(NC(=O)c3cn[nH]c3)cc2)n1. The van der Waals surface area contributed by atoms with E-state index in [1.54, 1.807) is 17.5 Å². The summed E-state index contributed by atoms with van der Waals surface area (Å²) in [7, 11) is 0. The predicted octanol–water partition coefficient (Wildman–Crippen LogP) is 3.17. The van der Waals surface area contributed by atoms with Gasteiger partial charge in [-0.05, 0) is 31.2 Å². The first-order valence-electron chi connectivity index (χ1n) is 6.30. The number of aromatic amines is 1. The third-order valence-electron chi connectivity index (χ3n) is 2.77. The number of H-pyrrole nitrogens is 1. The Bertz CT molecular complexity index is 733. The highest BCUT2D eigenvalue weighted by molar-refractivity contribution is 7.13. The van der Waals surface area contributed by atoms with E-state index in [0.717, 1.165) is 22.2 Å². The first kappa shape index (κ1) is 13.3. The van der Waals surface area contributed by atoms with Gasteiger partial charge in [-0.1, -0.05) is 0 Å². The van der Waals surface area contributed by atoms with E-state index in [1.165, 1.54) is 6.20 Å². The maximum atomic E-state index is 11.9. The van der Waals surface area contributed by atoms with Gasteiger partial charge in [-0.2, -0.15) is 5.10 Å². The number of carbonyl (C=O) groups excluding carboxylic acids is 1. The Balaban J connectivity index is 1.65. The van der Waals surface area contributed by atoms with Crippen molar-refractivity contribution in [1.29, 1.82) is 0 Å². The number of hydrogen-bond acceptors (Lipinski definition) is 5. The Morgan fingerprint density at radius 1 is 1.24 bits per heavy atom. The molecule has 0 spiro atoms. The molecule has 2 aromatic heterocycles. The van der Waals surface area contributed by atoms with Gasteiger partial charge in [0, 0.05) is 23.0 Å². The van der Waals surface area contributed by atoms with E-state index in [1.807, 2.05) is 36.6 Å². The van der Waals surface area contributed by atoms with Crippen LogP contribution in [0.25, 0.3) is 0 Å². The molecule has 0 aliphatic rings. The molecule has 21 heavy (non-hydrogen) atoms. The van der Waals surface area contributed by atoms with Crippen LogP contribution in [-0.4, -0.2) is 21.1 Å². The lowest BCUT2D eigenvalue weighted by Crippen LogP contribution is -2.10. The smallest absolute Gasteiger partial charge is 0.258 e. The summed E-state index contributed by atoms with van der Waals surface area (Å²) in [5.41, 5.74) is 3.13. The molecule has 0 fully saturated rings. The zero-order valence-electron chi connectivity index (χ0n) is 11.3. The van der Waals surface area contributed by atoms with E-state index in [4.69, 9.17) is 0 Å². The number of thiazole rings is 1. The van der Waals surface area contributed by atoms with Crippen LogP contribution in [0.5, 0.6) is 0 Å². The second kappa shape index (κ2) is 5.76. The molecule has 106 valence electrons. The Morgan fingerprint density at radius 3 is 2.62 bits per heavy atom. The van der Waals surface area contributed by atoms with Crippen molar-refractivity contribution in [1.82, 2.24) is 15.2 Å². The summed E-state index contributed by atoms with van der Waals surface area (Å²) in [6.07, 6.45) is 3.03. The maximum Gasteiger partial charge on any atom is 0.258 e. The minimum Gasteiger partial charge on any atom is -0.332 e. The van der Waals surface area contributed by atoms with Gasteiger partial charge in [0.1, 0.15) is 0 Å². The number of nitrogens with one attached hydrogen (secondary N) is 3. The molecule has 6 nitrogen and oxygen atoms in total. The third kappa shape index (κ3) is 3.26. The minimum absolute atomic E-state index is 0.194. The van der Waals surface area contributed by atoms with Crippen LogP contribution in [-0.2, 0) is 0 Å². The van der Waals surface area contributed by atoms with Crippen molar-refractivity contribution in [2.24, 2.45) is 0 Å². The highest BCUT2D eigenvalue weighted by Crippen LogP contribution is 2.22. The molecule has 0 aliphatic carbocycles. The lowest BCUT2D eigenvalue weighted by Gasteiger charge is -2.06. The molecule has 7 heteroatoms. The number of nitrogens with zero attached hydrogens (tertiary/aromatic N) is 2. The van der Waals surface area contributed by atoms with Crippen molar-refractivity contribution in [3.63, 3.8) is 0 Å². The van der Waals surface area contributed by atoms with E-state index in [9.17, 15) is 4.79 Å². The van der Waals surface area contributed by atoms with Crippen LogP contribution in [0.3, 0.4) is 0 Å². The van der Waals surface area contributed by atoms with Gasteiger partial charge in [-0.15, -0.1) is 11.3 Å². The molecule has 3 N–H and O–H groups in total. The van der Waals surface area contributed by atoms with Crippen LogP contribution in [0.4, 0.5) is 16.5 Å². The molecule has 1 aromatic carbocycles. The summed E-state index contributed by atoms with van der Waals surface area (Å²) in [6.45, 7) is 1.95.